The number of hydrogen-bond acceptors (Lipinski definition) is 3. The summed E-state index contributed by atoms with van der Waals surface area (Å²) in [6.45, 7) is 0.592. The van der Waals surface area contributed by atoms with E-state index in [4.69, 9.17) is 5.73 Å². The van der Waals surface area contributed by atoms with E-state index in [1.807, 2.05) is 0 Å². The van der Waals surface area contributed by atoms with Crippen LogP contribution in [0.4, 0.5) is 17.6 Å². The summed E-state index contributed by atoms with van der Waals surface area (Å²) in [7, 11) is 1.25. The van der Waals surface area contributed by atoms with E-state index in [1.54, 1.807) is 0 Å². The molecule has 19 heavy (non-hydrogen) atoms. The van der Waals surface area contributed by atoms with Gasteiger partial charge < -0.3 is 10.5 Å². The Morgan fingerprint density at radius 2 is 1.95 bits per heavy atom. The van der Waals surface area contributed by atoms with Crippen LogP contribution in [0.3, 0.4) is 0 Å². The highest BCUT2D eigenvalue weighted by Crippen LogP contribution is 2.30. The SMILES string of the molecule is COc1ccc(CC(=O)C(C)(N)C(F)(F)F)cc1F. The van der Waals surface area contributed by atoms with Crippen molar-refractivity contribution in [2.24, 2.45) is 5.73 Å². The molecule has 1 atom stereocenters. The number of benzene rings is 1. The van der Waals surface area contributed by atoms with E-state index < -0.39 is 29.7 Å². The summed E-state index contributed by atoms with van der Waals surface area (Å²) in [6, 6.07) is 3.49. The molecule has 7 heteroatoms. The zero-order chi connectivity index (χ0) is 14.8. The molecule has 1 aromatic carbocycles. The average Bonchev–Trinajstić information content (AvgIpc) is 2.27. The number of ketones is 1. The largest absolute Gasteiger partial charge is 0.494 e. The molecule has 0 aliphatic heterocycles. The molecule has 2 N–H and O–H groups in total. The predicted octanol–water partition coefficient (Wildman–Crippen LogP) is 2.23. The van der Waals surface area contributed by atoms with E-state index in [0.717, 1.165) is 6.07 Å². The standard InChI is InChI=1S/C12H13F4NO2/c1-11(17,12(14,15)16)10(18)6-7-3-4-9(19-2)8(13)5-7/h3-5H,6,17H2,1-2H3. The summed E-state index contributed by atoms with van der Waals surface area (Å²) in [4.78, 5) is 11.5. The van der Waals surface area contributed by atoms with E-state index in [0.29, 0.717) is 6.92 Å². The minimum atomic E-state index is -4.85. The number of hydrogen-bond donors (Lipinski definition) is 1. The molecule has 0 bridgehead atoms. The molecule has 0 saturated carbocycles. The molecule has 0 radical (unpaired) electrons. The lowest BCUT2D eigenvalue weighted by Crippen LogP contribution is -2.57. The van der Waals surface area contributed by atoms with Crippen molar-refractivity contribution in [3.63, 3.8) is 0 Å². The lowest BCUT2D eigenvalue weighted by molar-refractivity contribution is -0.185. The Hall–Kier alpha value is -1.63. The summed E-state index contributed by atoms with van der Waals surface area (Å²) in [5.41, 5.74) is 2.13. The van der Waals surface area contributed by atoms with Crippen LogP contribution in [0.25, 0.3) is 0 Å². The molecular formula is C12H13F4NO2. The van der Waals surface area contributed by atoms with Crippen molar-refractivity contribution in [2.45, 2.75) is 25.1 Å². The Labute approximate surface area is 107 Å². The monoisotopic (exact) mass is 279 g/mol. The lowest BCUT2D eigenvalue weighted by Gasteiger charge is -2.25. The maximum atomic E-state index is 13.3. The molecule has 0 amide bonds. The van der Waals surface area contributed by atoms with Crippen LogP contribution in [0.15, 0.2) is 18.2 Å². The van der Waals surface area contributed by atoms with Gasteiger partial charge in [-0.3, -0.25) is 4.79 Å². The van der Waals surface area contributed by atoms with E-state index >= 15 is 0 Å². The molecule has 1 unspecified atom stereocenters. The highest BCUT2D eigenvalue weighted by atomic mass is 19.4. The molecule has 1 rings (SSSR count). The number of carbonyl (C=O) groups excluding carboxylic acids is 1. The van der Waals surface area contributed by atoms with Crippen LogP contribution in [0.5, 0.6) is 5.75 Å². The summed E-state index contributed by atoms with van der Waals surface area (Å²) in [5.74, 6) is -2.04. The van der Waals surface area contributed by atoms with Crippen LogP contribution < -0.4 is 10.5 Å². The second-order valence-corrected chi connectivity index (χ2v) is 4.27. The highest BCUT2D eigenvalue weighted by Gasteiger charge is 2.53. The first-order chi connectivity index (χ1) is 8.59. The Morgan fingerprint density at radius 1 is 1.37 bits per heavy atom. The minimum absolute atomic E-state index is 0.0532. The number of Topliss-reactive ketones (excluding diaryl/α,β-unsaturated/α-hetero) is 1. The highest BCUT2D eigenvalue weighted by molar-refractivity contribution is 5.90. The van der Waals surface area contributed by atoms with Gasteiger partial charge in [0.25, 0.3) is 0 Å². The van der Waals surface area contributed by atoms with Gasteiger partial charge >= 0.3 is 6.18 Å². The Balaban J connectivity index is 2.92. The predicted molar refractivity (Wildman–Crippen MR) is 60.3 cm³/mol. The fraction of sp³-hybridized carbons (Fsp3) is 0.417. The van der Waals surface area contributed by atoms with Crippen LogP contribution in [-0.4, -0.2) is 24.6 Å². The van der Waals surface area contributed by atoms with E-state index in [1.165, 1.54) is 19.2 Å². The number of carbonyl (C=O) groups is 1. The maximum absolute atomic E-state index is 13.3. The smallest absolute Gasteiger partial charge is 0.413 e. The van der Waals surface area contributed by atoms with Gasteiger partial charge in [-0.15, -0.1) is 0 Å². The van der Waals surface area contributed by atoms with Gasteiger partial charge in [0.1, 0.15) is 0 Å². The number of halogens is 4. The van der Waals surface area contributed by atoms with Gasteiger partial charge in [0.05, 0.1) is 7.11 Å². The van der Waals surface area contributed by atoms with Crippen molar-refractivity contribution >= 4 is 5.78 Å². The van der Waals surface area contributed by atoms with Gasteiger partial charge in [-0.25, -0.2) is 4.39 Å². The molecule has 0 aromatic heterocycles. The summed E-state index contributed by atoms with van der Waals surface area (Å²) < 4.78 is 55.6. The molecule has 3 nitrogen and oxygen atoms in total. The number of nitrogens with two attached hydrogens (primary N) is 1. The minimum Gasteiger partial charge on any atom is -0.494 e. The Kier molecular flexibility index (Phi) is 4.19. The van der Waals surface area contributed by atoms with E-state index in [2.05, 4.69) is 4.74 Å². The molecule has 0 saturated heterocycles. The van der Waals surface area contributed by atoms with Crippen LogP contribution in [-0.2, 0) is 11.2 Å². The quantitative estimate of drug-likeness (QED) is 0.860. The van der Waals surface area contributed by atoms with Crippen molar-refractivity contribution in [3.8, 4) is 5.75 Å². The van der Waals surface area contributed by atoms with Crippen LogP contribution >= 0.6 is 0 Å². The molecule has 0 heterocycles. The topological polar surface area (TPSA) is 52.3 Å². The average molecular weight is 279 g/mol. The van der Waals surface area contributed by atoms with Gasteiger partial charge in [-0.2, -0.15) is 13.2 Å². The zero-order valence-corrected chi connectivity index (χ0v) is 10.3. The van der Waals surface area contributed by atoms with E-state index in [9.17, 15) is 22.4 Å². The molecule has 0 fully saturated rings. The second-order valence-electron chi connectivity index (χ2n) is 4.27. The molecule has 0 aliphatic rings. The van der Waals surface area contributed by atoms with Crippen molar-refractivity contribution in [2.75, 3.05) is 7.11 Å². The number of ether oxygens (including phenoxy) is 1. The number of alkyl halides is 3. The number of rotatable bonds is 4. The van der Waals surface area contributed by atoms with Crippen LogP contribution in [0, 0.1) is 5.82 Å². The van der Waals surface area contributed by atoms with Crippen molar-refractivity contribution in [1.82, 2.24) is 0 Å². The third-order valence-corrected chi connectivity index (χ3v) is 2.75. The molecule has 1 aromatic rings. The normalized spacial score (nSPS) is 14.9. The molecular weight excluding hydrogens is 266 g/mol. The van der Waals surface area contributed by atoms with Gasteiger partial charge in [-0.1, -0.05) is 6.07 Å². The second kappa shape index (κ2) is 5.16. The first-order valence-corrected chi connectivity index (χ1v) is 5.31. The van der Waals surface area contributed by atoms with E-state index in [-0.39, 0.29) is 11.3 Å². The first-order valence-electron chi connectivity index (χ1n) is 5.31. The first kappa shape index (κ1) is 15.4. The summed E-state index contributed by atoms with van der Waals surface area (Å²) >= 11 is 0. The van der Waals surface area contributed by atoms with Crippen molar-refractivity contribution < 1.29 is 27.1 Å². The van der Waals surface area contributed by atoms with Crippen molar-refractivity contribution in [3.05, 3.63) is 29.6 Å². The molecule has 0 spiro atoms. The number of methoxy groups -OCH3 is 1. The van der Waals surface area contributed by atoms with Crippen molar-refractivity contribution in [1.29, 1.82) is 0 Å². The fourth-order valence-electron chi connectivity index (χ4n) is 1.35. The zero-order valence-electron chi connectivity index (χ0n) is 10.3. The molecule has 0 aliphatic carbocycles. The third-order valence-electron chi connectivity index (χ3n) is 2.75. The van der Waals surface area contributed by atoms with Gasteiger partial charge in [0.2, 0.25) is 0 Å². The van der Waals surface area contributed by atoms with Gasteiger partial charge in [-0.05, 0) is 24.6 Å². The van der Waals surface area contributed by atoms with Crippen LogP contribution in [0.2, 0.25) is 0 Å². The fourth-order valence-corrected chi connectivity index (χ4v) is 1.35. The third kappa shape index (κ3) is 3.23. The summed E-state index contributed by atoms with van der Waals surface area (Å²) in [5, 5.41) is 0. The maximum Gasteiger partial charge on any atom is 0.413 e. The summed E-state index contributed by atoms with van der Waals surface area (Å²) in [6.07, 6.45) is -5.46. The van der Waals surface area contributed by atoms with Crippen LogP contribution in [0.1, 0.15) is 12.5 Å². The van der Waals surface area contributed by atoms with Gasteiger partial charge in [0, 0.05) is 6.42 Å². The lowest BCUT2D eigenvalue weighted by atomic mass is 9.92. The molecule has 106 valence electrons. The van der Waals surface area contributed by atoms with Gasteiger partial charge in [0.15, 0.2) is 22.9 Å². The Morgan fingerprint density at radius 3 is 2.37 bits per heavy atom. The Bertz CT molecular complexity index is 483.